The van der Waals surface area contributed by atoms with Gasteiger partial charge in [0.05, 0.1) is 0 Å². The molecule has 5 nitrogen and oxygen atoms in total. The Morgan fingerprint density at radius 3 is 2.00 bits per heavy atom. The van der Waals surface area contributed by atoms with Crippen LogP contribution in [-0.4, -0.2) is 23.0 Å². The Morgan fingerprint density at radius 1 is 1.44 bits per heavy atom. The van der Waals surface area contributed by atoms with Gasteiger partial charge in [0, 0.05) is 0 Å². The topological polar surface area (TPSA) is 106 Å². The van der Waals surface area contributed by atoms with E-state index in [0.29, 0.717) is 0 Å². The van der Waals surface area contributed by atoms with Crippen LogP contribution in [0.25, 0.3) is 0 Å². The van der Waals surface area contributed by atoms with E-state index in [2.05, 4.69) is 0 Å². The van der Waals surface area contributed by atoms with Crippen LogP contribution < -0.4 is 11.5 Å². The van der Waals surface area contributed by atoms with Crippen molar-refractivity contribution in [3.05, 3.63) is 0 Å². The number of hydrogen-bond donors (Lipinski definition) is 3. The number of ketones is 1. The van der Waals surface area contributed by atoms with Crippen molar-refractivity contribution in [2.75, 3.05) is 0 Å². The molecule has 0 radical (unpaired) electrons. The van der Waals surface area contributed by atoms with Crippen molar-refractivity contribution in [1.29, 1.82) is 0 Å². The van der Waals surface area contributed by atoms with E-state index in [4.69, 9.17) is 16.6 Å². The van der Waals surface area contributed by atoms with Crippen molar-refractivity contribution in [3.8, 4) is 0 Å². The summed E-state index contributed by atoms with van der Waals surface area (Å²) in [5, 5.41) is 8.00. The van der Waals surface area contributed by atoms with E-state index in [1.54, 1.807) is 0 Å². The van der Waals surface area contributed by atoms with Crippen molar-refractivity contribution in [1.82, 2.24) is 0 Å². The Labute approximate surface area is 51.6 Å². The first-order valence-corrected chi connectivity index (χ1v) is 2.29. The zero-order valence-electron chi connectivity index (χ0n) is 4.70. The fourth-order valence-electron chi connectivity index (χ4n) is 0.267. The van der Waals surface area contributed by atoms with Crippen LogP contribution in [0.3, 0.4) is 0 Å². The standard InChI is InChI=1S/C4H8N2O3/c5-4(6)2(7)1-3(8)9/h4H,1,5-6H2,(H,8,9). The summed E-state index contributed by atoms with van der Waals surface area (Å²) in [6, 6.07) is 0. The Hall–Kier alpha value is -0.940. The van der Waals surface area contributed by atoms with Gasteiger partial charge in [-0.2, -0.15) is 0 Å². The van der Waals surface area contributed by atoms with Gasteiger partial charge in [0.1, 0.15) is 12.6 Å². The van der Waals surface area contributed by atoms with Crippen LogP contribution in [0.2, 0.25) is 0 Å². The lowest BCUT2D eigenvalue weighted by atomic mass is 10.2. The van der Waals surface area contributed by atoms with Gasteiger partial charge in [-0.1, -0.05) is 0 Å². The molecular formula is C4H8N2O3. The molecule has 0 atom stereocenters. The maximum atomic E-state index is 10.3. The molecule has 0 fully saturated rings. The Bertz CT molecular complexity index is 132. The molecule has 0 aromatic heterocycles. The molecular weight excluding hydrogens is 124 g/mol. The molecule has 0 aromatic rings. The van der Waals surface area contributed by atoms with Gasteiger partial charge in [-0.05, 0) is 0 Å². The average molecular weight is 132 g/mol. The van der Waals surface area contributed by atoms with Gasteiger partial charge in [0.25, 0.3) is 0 Å². The summed E-state index contributed by atoms with van der Waals surface area (Å²) in [5.74, 6) is -1.87. The Balaban J connectivity index is 3.64. The first-order chi connectivity index (χ1) is 4.04. The highest BCUT2D eigenvalue weighted by atomic mass is 16.4. The highest BCUT2D eigenvalue weighted by molar-refractivity contribution is 5.97. The molecule has 5 N–H and O–H groups in total. The fourth-order valence-corrected chi connectivity index (χ4v) is 0.267. The molecule has 0 unspecified atom stereocenters. The second-order valence-electron chi connectivity index (χ2n) is 1.56. The number of hydrogen-bond acceptors (Lipinski definition) is 4. The van der Waals surface area contributed by atoms with Gasteiger partial charge >= 0.3 is 5.97 Å². The molecule has 5 heteroatoms. The van der Waals surface area contributed by atoms with E-state index in [1.807, 2.05) is 0 Å². The Kier molecular flexibility index (Phi) is 2.83. The van der Waals surface area contributed by atoms with E-state index in [0.717, 1.165) is 0 Å². The minimum Gasteiger partial charge on any atom is -0.481 e. The summed E-state index contributed by atoms with van der Waals surface area (Å²) in [7, 11) is 0. The summed E-state index contributed by atoms with van der Waals surface area (Å²) < 4.78 is 0. The SMILES string of the molecule is NC(N)C(=O)CC(=O)O. The van der Waals surface area contributed by atoms with Gasteiger partial charge in [0.2, 0.25) is 0 Å². The van der Waals surface area contributed by atoms with Crippen LogP contribution in [0.1, 0.15) is 6.42 Å². The predicted molar refractivity (Wildman–Crippen MR) is 29.4 cm³/mol. The van der Waals surface area contributed by atoms with Crippen molar-refractivity contribution in [2.45, 2.75) is 12.6 Å². The molecule has 52 valence electrons. The van der Waals surface area contributed by atoms with Crippen LogP contribution >= 0.6 is 0 Å². The van der Waals surface area contributed by atoms with Gasteiger partial charge < -0.3 is 16.6 Å². The summed E-state index contributed by atoms with van der Waals surface area (Å²) in [5.41, 5.74) is 9.70. The monoisotopic (exact) mass is 132 g/mol. The highest BCUT2D eigenvalue weighted by Crippen LogP contribution is 1.82. The molecule has 0 aliphatic rings. The third-order valence-electron chi connectivity index (χ3n) is 0.697. The molecule has 0 heterocycles. The van der Waals surface area contributed by atoms with E-state index in [1.165, 1.54) is 0 Å². The maximum absolute atomic E-state index is 10.3. The molecule has 0 aliphatic heterocycles. The summed E-state index contributed by atoms with van der Waals surface area (Å²) >= 11 is 0. The number of carbonyl (C=O) groups excluding carboxylic acids is 1. The summed E-state index contributed by atoms with van der Waals surface area (Å²) in [6.45, 7) is 0. The largest absolute Gasteiger partial charge is 0.481 e. The van der Waals surface area contributed by atoms with E-state index in [-0.39, 0.29) is 0 Å². The third-order valence-corrected chi connectivity index (χ3v) is 0.697. The van der Waals surface area contributed by atoms with Crippen LogP contribution in [0.15, 0.2) is 0 Å². The third kappa shape index (κ3) is 3.63. The molecule has 0 spiro atoms. The first kappa shape index (κ1) is 8.06. The minimum absolute atomic E-state index is 0.600. The number of nitrogens with two attached hydrogens (primary N) is 2. The summed E-state index contributed by atoms with van der Waals surface area (Å²) in [6.07, 6.45) is -1.77. The van der Waals surface area contributed by atoms with Gasteiger partial charge in [-0.25, -0.2) is 0 Å². The van der Waals surface area contributed by atoms with Crippen molar-refractivity contribution in [2.24, 2.45) is 11.5 Å². The van der Waals surface area contributed by atoms with E-state index >= 15 is 0 Å². The second kappa shape index (κ2) is 3.16. The van der Waals surface area contributed by atoms with E-state index in [9.17, 15) is 9.59 Å². The highest BCUT2D eigenvalue weighted by Gasteiger charge is 2.11. The molecule has 9 heavy (non-hydrogen) atoms. The number of rotatable bonds is 3. The zero-order valence-corrected chi connectivity index (χ0v) is 4.70. The lowest BCUT2D eigenvalue weighted by Crippen LogP contribution is -2.40. The summed E-state index contributed by atoms with van der Waals surface area (Å²) in [4.78, 5) is 20.1. The molecule has 0 aromatic carbocycles. The molecule has 0 saturated heterocycles. The van der Waals surface area contributed by atoms with Crippen molar-refractivity contribution >= 4 is 11.8 Å². The predicted octanol–water partition coefficient (Wildman–Crippen LogP) is -1.73. The van der Waals surface area contributed by atoms with E-state index < -0.39 is 24.3 Å². The van der Waals surface area contributed by atoms with Gasteiger partial charge in [0.15, 0.2) is 5.78 Å². The Morgan fingerprint density at radius 2 is 1.89 bits per heavy atom. The number of Topliss-reactive ketones (excluding diaryl/α,β-unsaturated/α-hetero) is 1. The van der Waals surface area contributed by atoms with Crippen LogP contribution in [-0.2, 0) is 9.59 Å². The smallest absolute Gasteiger partial charge is 0.310 e. The second-order valence-corrected chi connectivity index (χ2v) is 1.56. The van der Waals surface area contributed by atoms with Crippen LogP contribution in [0.5, 0.6) is 0 Å². The quantitative estimate of drug-likeness (QED) is 0.312. The maximum Gasteiger partial charge on any atom is 0.310 e. The number of carbonyl (C=O) groups is 2. The molecule has 0 rings (SSSR count). The minimum atomic E-state index is -1.21. The van der Waals surface area contributed by atoms with Crippen molar-refractivity contribution < 1.29 is 14.7 Å². The molecule has 0 bridgehead atoms. The number of carboxylic acids is 1. The normalized spacial score (nSPS) is 9.67. The first-order valence-electron chi connectivity index (χ1n) is 2.29. The van der Waals surface area contributed by atoms with Crippen molar-refractivity contribution in [3.63, 3.8) is 0 Å². The zero-order chi connectivity index (χ0) is 7.44. The number of carboxylic acid groups (broad SMARTS) is 1. The van der Waals surface area contributed by atoms with Crippen LogP contribution in [0.4, 0.5) is 0 Å². The molecule has 0 aliphatic carbocycles. The lowest BCUT2D eigenvalue weighted by Gasteiger charge is -1.98. The van der Waals surface area contributed by atoms with Gasteiger partial charge in [-0.3, -0.25) is 9.59 Å². The van der Waals surface area contributed by atoms with Crippen LogP contribution in [0, 0.1) is 0 Å². The fraction of sp³-hybridized carbons (Fsp3) is 0.500. The lowest BCUT2D eigenvalue weighted by molar-refractivity contribution is -0.140. The number of aliphatic carboxylic acids is 1. The average Bonchev–Trinajstić information content (AvgIpc) is 1.63. The van der Waals surface area contributed by atoms with Gasteiger partial charge in [-0.15, -0.1) is 0 Å². The molecule has 0 saturated carbocycles. The molecule has 0 amide bonds.